The largest absolute Gasteiger partial charge is 0.379 e. The molecule has 0 amide bonds. The third kappa shape index (κ3) is 3.96. The molecule has 0 heterocycles. The third-order valence-electron chi connectivity index (χ3n) is 2.39. The minimum absolute atomic E-state index is 0.122. The molecule has 108 valence electrons. The zero-order chi connectivity index (χ0) is 14.6. The molecule has 1 rings (SSSR count). The molecule has 1 aromatic carbocycles. The fraction of sp³-hybridized carbons (Fsp3) is 0.400. The van der Waals surface area contributed by atoms with E-state index in [1.54, 1.807) is 0 Å². The van der Waals surface area contributed by atoms with E-state index < -0.39 is 50.9 Å². The Morgan fingerprint density at radius 1 is 0.895 bits per heavy atom. The van der Waals surface area contributed by atoms with Crippen molar-refractivity contribution < 1.29 is 36.6 Å². The van der Waals surface area contributed by atoms with Crippen molar-refractivity contribution in [3.05, 3.63) is 34.6 Å². The Morgan fingerprint density at radius 3 is 1.84 bits per heavy atom. The molecule has 0 radical (unpaired) electrons. The van der Waals surface area contributed by atoms with E-state index in [-0.39, 0.29) is 12.8 Å². The van der Waals surface area contributed by atoms with Gasteiger partial charge in [0.15, 0.2) is 33.0 Å². The standard InChI is InChI=1S/C10H11F5O3Si/c11-5-4(2-1-3-19-18-10(16)17)6(12)8(14)9(15)7(5)13/h10,16-17H,1-3,19H2. The Morgan fingerprint density at radius 2 is 1.37 bits per heavy atom. The van der Waals surface area contributed by atoms with Crippen LogP contribution in [0, 0.1) is 29.1 Å². The Bertz CT molecular complexity index is 426. The lowest BCUT2D eigenvalue weighted by atomic mass is 10.1. The van der Waals surface area contributed by atoms with E-state index in [1.807, 2.05) is 0 Å². The number of hydrogen-bond acceptors (Lipinski definition) is 3. The highest BCUT2D eigenvalue weighted by atomic mass is 28.2. The van der Waals surface area contributed by atoms with E-state index >= 15 is 0 Å². The lowest BCUT2D eigenvalue weighted by Crippen LogP contribution is -2.13. The summed E-state index contributed by atoms with van der Waals surface area (Å²) in [5.41, 5.74) is -0.866. The van der Waals surface area contributed by atoms with Crippen LogP contribution in [0.15, 0.2) is 0 Å². The summed E-state index contributed by atoms with van der Waals surface area (Å²) in [5, 5.41) is 16.7. The van der Waals surface area contributed by atoms with Crippen LogP contribution in [0.3, 0.4) is 0 Å². The first-order chi connectivity index (χ1) is 8.86. The van der Waals surface area contributed by atoms with Crippen LogP contribution in [0.4, 0.5) is 22.0 Å². The highest BCUT2D eigenvalue weighted by molar-refractivity contribution is 6.26. The molecule has 0 aliphatic heterocycles. The van der Waals surface area contributed by atoms with Crippen molar-refractivity contribution in [3.63, 3.8) is 0 Å². The number of aliphatic hydroxyl groups is 2. The van der Waals surface area contributed by atoms with Crippen LogP contribution in [0.1, 0.15) is 12.0 Å². The van der Waals surface area contributed by atoms with Gasteiger partial charge in [-0.2, -0.15) is 0 Å². The van der Waals surface area contributed by atoms with Gasteiger partial charge in [0.2, 0.25) is 5.82 Å². The van der Waals surface area contributed by atoms with Crippen molar-refractivity contribution in [1.29, 1.82) is 0 Å². The molecule has 1 aromatic rings. The van der Waals surface area contributed by atoms with Crippen LogP contribution >= 0.6 is 0 Å². The first kappa shape index (κ1) is 16.0. The number of hydrogen-bond donors (Lipinski definition) is 2. The van der Waals surface area contributed by atoms with Gasteiger partial charge in [0, 0.05) is 5.56 Å². The Labute approximate surface area is 107 Å². The Kier molecular flexibility index (Phi) is 5.85. The molecule has 0 aliphatic rings. The molecule has 0 bridgehead atoms. The topological polar surface area (TPSA) is 49.7 Å². The first-order valence-corrected chi connectivity index (χ1v) is 6.92. The second-order valence-corrected chi connectivity index (χ2v) is 5.15. The maximum atomic E-state index is 13.2. The lowest BCUT2D eigenvalue weighted by Gasteiger charge is -2.08. The average molecular weight is 302 g/mol. The predicted octanol–water partition coefficient (Wildman–Crippen LogP) is 1.10. The minimum atomic E-state index is -2.18. The third-order valence-corrected chi connectivity index (χ3v) is 3.71. The molecule has 3 nitrogen and oxygen atoms in total. The fourth-order valence-electron chi connectivity index (χ4n) is 1.46. The van der Waals surface area contributed by atoms with Crippen LogP contribution in [0.2, 0.25) is 6.04 Å². The van der Waals surface area contributed by atoms with Crippen molar-refractivity contribution in [2.24, 2.45) is 0 Å². The zero-order valence-electron chi connectivity index (χ0n) is 9.60. The molecule has 0 unspecified atom stereocenters. The molecular weight excluding hydrogens is 291 g/mol. The monoisotopic (exact) mass is 302 g/mol. The summed E-state index contributed by atoms with van der Waals surface area (Å²) >= 11 is 0. The summed E-state index contributed by atoms with van der Waals surface area (Å²) in [6.07, 6.45) is -0.221. The van der Waals surface area contributed by atoms with Gasteiger partial charge in [0.1, 0.15) is 0 Å². The van der Waals surface area contributed by atoms with E-state index in [0.29, 0.717) is 6.04 Å². The molecule has 0 saturated carbocycles. The average Bonchev–Trinajstić information content (AvgIpc) is 2.37. The molecule has 19 heavy (non-hydrogen) atoms. The Hall–Kier alpha value is -1.03. The molecule has 2 N–H and O–H groups in total. The SMILES string of the molecule is OC(O)O[SiH2]CCCc1c(F)c(F)c(F)c(F)c1F. The van der Waals surface area contributed by atoms with Gasteiger partial charge in [-0.15, -0.1) is 0 Å². The molecule has 0 atom stereocenters. The summed E-state index contributed by atoms with van der Waals surface area (Å²) in [7, 11) is -1.31. The Balaban J connectivity index is 2.69. The molecular formula is C10H11F5O3Si. The van der Waals surface area contributed by atoms with E-state index in [4.69, 9.17) is 10.2 Å². The highest BCUT2D eigenvalue weighted by Gasteiger charge is 2.24. The van der Waals surface area contributed by atoms with Crippen LogP contribution in [0.5, 0.6) is 0 Å². The van der Waals surface area contributed by atoms with Crippen LogP contribution in [-0.4, -0.2) is 26.5 Å². The van der Waals surface area contributed by atoms with Crippen LogP contribution < -0.4 is 0 Å². The van der Waals surface area contributed by atoms with Gasteiger partial charge in [-0.1, -0.05) is 0 Å². The summed E-state index contributed by atoms with van der Waals surface area (Å²) in [6, 6.07) is 0.303. The zero-order valence-corrected chi connectivity index (χ0v) is 11.0. The van der Waals surface area contributed by atoms with Crippen molar-refractivity contribution in [1.82, 2.24) is 0 Å². The predicted molar refractivity (Wildman–Crippen MR) is 57.2 cm³/mol. The molecule has 9 heteroatoms. The summed E-state index contributed by atoms with van der Waals surface area (Å²) in [4.78, 5) is 0. The van der Waals surface area contributed by atoms with Gasteiger partial charge in [0.25, 0.3) is 6.48 Å². The molecule has 0 saturated heterocycles. The molecule has 0 aromatic heterocycles. The van der Waals surface area contributed by atoms with Gasteiger partial charge in [-0.3, -0.25) is 0 Å². The number of halogens is 5. The number of benzene rings is 1. The fourth-order valence-corrected chi connectivity index (χ4v) is 2.29. The lowest BCUT2D eigenvalue weighted by molar-refractivity contribution is -0.180. The summed E-state index contributed by atoms with van der Waals surface area (Å²) < 4.78 is 69.3. The van der Waals surface area contributed by atoms with Gasteiger partial charge in [-0.05, 0) is 18.9 Å². The highest BCUT2D eigenvalue weighted by Crippen LogP contribution is 2.24. The smallest absolute Gasteiger partial charge is 0.256 e. The van der Waals surface area contributed by atoms with E-state index in [1.165, 1.54) is 0 Å². The van der Waals surface area contributed by atoms with Gasteiger partial charge in [-0.25, -0.2) is 22.0 Å². The van der Waals surface area contributed by atoms with E-state index in [0.717, 1.165) is 0 Å². The van der Waals surface area contributed by atoms with Crippen molar-refractivity contribution in [2.45, 2.75) is 25.4 Å². The first-order valence-electron chi connectivity index (χ1n) is 5.34. The second-order valence-electron chi connectivity index (χ2n) is 3.70. The summed E-state index contributed by atoms with van der Waals surface area (Å²) in [5.74, 6) is -9.77. The maximum absolute atomic E-state index is 13.2. The maximum Gasteiger partial charge on any atom is 0.256 e. The second kappa shape index (κ2) is 6.94. The quantitative estimate of drug-likeness (QED) is 0.207. The van der Waals surface area contributed by atoms with Crippen LogP contribution in [-0.2, 0) is 10.8 Å². The van der Waals surface area contributed by atoms with Gasteiger partial charge >= 0.3 is 0 Å². The minimum Gasteiger partial charge on any atom is -0.379 e. The molecule has 0 aliphatic carbocycles. The van der Waals surface area contributed by atoms with Crippen molar-refractivity contribution >= 4 is 9.76 Å². The van der Waals surface area contributed by atoms with Crippen molar-refractivity contribution in [3.8, 4) is 0 Å². The normalized spacial score (nSPS) is 12.0. The van der Waals surface area contributed by atoms with Gasteiger partial charge < -0.3 is 14.6 Å². The van der Waals surface area contributed by atoms with E-state index in [2.05, 4.69) is 4.43 Å². The van der Waals surface area contributed by atoms with E-state index in [9.17, 15) is 22.0 Å². The number of aliphatic hydroxyl groups excluding tert-OH is 1. The summed E-state index contributed by atoms with van der Waals surface area (Å²) in [6.45, 7) is -1.90. The van der Waals surface area contributed by atoms with Crippen molar-refractivity contribution in [2.75, 3.05) is 0 Å². The molecule has 0 fully saturated rings. The van der Waals surface area contributed by atoms with Gasteiger partial charge in [0.05, 0.1) is 0 Å². The number of rotatable bonds is 6. The van der Waals surface area contributed by atoms with Crippen LogP contribution in [0.25, 0.3) is 0 Å². The molecule has 0 spiro atoms.